The third-order valence-corrected chi connectivity index (χ3v) is 8.06. The number of nitrogens with zero attached hydrogens (tertiary/aromatic N) is 2. The number of halogens is 2. The molecule has 218 valence electrons. The molecule has 1 fully saturated rings. The van der Waals surface area contributed by atoms with Crippen molar-refractivity contribution in [1.29, 1.82) is 0 Å². The standard InChI is InChI=1S/C29H38ClFN4O5/c1-6-7-14-40-28(37)33-20-11-9-8-10-19(20)32-26-24(31)23-22(25(30)34-26)27(36)35(29(23,2)3)16-17-12-13-18(38-4)15-21(17)39-5/h12-13,15,19-20H,6-11,14,16H2,1-5H3,(H,32,34)(H,33,37)/t19-,20+/m1/s1. The van der Waals surface area contributed by atoms with Gasteiger partial charge in [-0.05, 0) is 45.2 Å². The molecule has 0 unspecified atom stereocenters. The van der Waals surface area contributed by atoms with Crippen LogP contribution in [0.2, 0.25) is 5.15 Å². The molecule has 2 atom stereocenters. The van der Waals surface area contributed by atoms with Crippen molar-refractivity contribution in [1.82, 2.24) is 15.2 Å². The Bertz CT molecular complexity index is 1260. The van der Waals surface area contributed by atoms with E-state index in [1.165, 1.54) is 0 Å². The fraction of sp³-hybridized carbons (Fsp3) is 0.552. The molecule has 1 saturated carbocycles. The number of hydrogen-bond donors (Lipinski definition) is 2. The van der Waals surface area contributed by atoms with E-state index in [4.69, 9.17) is 25.8 Å². The highest BCUT2D eigenvalue weighted by atomic mass is 35.5. The van der Waals surface area contributed by atoms with Gasteiger partial charge in [-0.25, -0.2) is 14.2 Å². The largest absolute Gasteiger partial charge is 0.497 e. The van der Waals surface area contributed by atoms with Crippen molar-refractivity contribution in [3.63, 3.8) is 0 Å². The van der Waals surface area contributed by atoms with E-state index in [9.17, 15) is 9.59 Å². The number of unbranched alkanes of at least 4 members (excludes halogenated alkanes) is 1. The molecule has 0 saturated heterocycles. The second-order valence-electron chi connectivity index (χ2n) is 10.7. The fourth-order valence-electron chi connectivity index (χ4n) is 5.50. The van der Waals surface area contributed by atoms with Crippen molar-refractivity contribution < 1.29 is 28.2 Å². The smallest absolute Gasteiger partial charge is 0.407 e. The number of carbonyl (C=O) groups is 2. The summed E-state index contributed by atoms with van der Waals surface area (Å²) < 4.78 is 32.3. The molecule has 2 aromatic rings. The molecule has 2 N–H and O–H groups in total. The number of ether oxygens (including phenoxy) is 3. The summed E-state index contributed by atoms with van der Waals surface area (Å²) in [5.41, 5.74) is -0.0494. The predicted octanol–water partition coefficient (Wildman–Crippen LogP) is 6.03. The number of anilines is 1. The lowest BCUT2D eigenvalue weighted by atomic mass is 9.90. The molecular weight excluding hydrogens is 539 g/mol. The van der Waals surface area contributed by atoms with Gasteiger partial charge in [0.15, 0.2) is 11.6 Å². The van der Waals surface area contributed by atoms with Crippen LogP contribution >= 0.6 is 11.6 Å². The lowest BCUT2D eigenvalue weighted by Crippen LogP contribution is -2.49. The molecule has 4 rings (SSSR count). The third kappa shape index (κ3) is 5.92. The quantitative estimate of drug-likeness (QED) is 0.263. The van der Waals surface area contributed by atoms with Gasteiger partial charge in [0, 0.05) is 23.2 Å². The van der Waals surface area contributed by atoms with Crippen molar-refractivity contribution in [2.24, 2.45) is 0 Å². The predicted molar refractivity (Wildman–Crippen MR) is 151 cm³/mol. The van der Waals surface area contributed by atoms with E-state index in [0.717, 1.165) is 37.7 Å². The number of benzene rings is 1. The van der Waals surface area contributed by atoms with Gasteiger partial charge in [-0.1, -0.05) is 37.8 Å². The van der Waals surface area contributed by atoms with Crippen LogP contribution < -0.4 is 20.1 Å². The normalized spacial score (nSPS) is 19.7. The van der Waals surface area contributed by atoms with Gasteiger partial charge in [0.1, 0.15) is 16.7 Å². The van der Waals surface area contributed by atoms with Crippen LogP contribution in [0.1, 0.15) is 80.8 Å². The fourth-order valence-corrected chi connectivity index (χ4v) is 5.76. The zero-order valence-electron chi connectivity index (χ0n) is 23.7. The average molecular weight is 577 g/mol. The Kier molecular flexibility index (Phi) is 9.28. The maximum atomic E-state index is 16.2. The Labute approximate surface area is 239 Å². The molecule has 0 radical (unpaired) electrons. The number of amides is 2. The molecule has 1 aromatic heterocycles. The Morgan fingerprint density at radius 1 is 1.20 bits per heavy atom. The first-order valence-electron chi connectivity index (χ1n) is 13.7. The Morgan fingerprint density at radius 2 is 1.93 bits per heavy atom. The van der Waals surface area contributed by atoms with Gasteiger partial charge in [0.05, 0.1) is 44.5 Å². The molecule has 9 nitrogen and oxygen atoms in total. The minimum atomic E-state index is -1.03. The summed E-state index contributed by atoms with van der Waals surface area (Å²) in [6, 6.07) is 4.80. The molecule has 1 aliphatic heterocycles. The number of nitrogens with one attached hydrogen (secondary N) is 2. The Hall–Kier alpha value is -3.27. The SMILES string of the molecule is CCCCOC(=O)N[C@H]1CCCC[C@H]1Nc1nc(Cl)c2c(c1F)C(C)(C)N(Cc1ccc(OC)cc1OC)C2=O. The van der Waals surface area contributed by atoms with Crippen molar-refractivity contribution in [3.8, 4) is 11.5 Å². The second kappa shape index (κ2) is 12.5. The number of hydrogen-bond acceptors (Lipinski definition) is 7. The van der Waals surface area contributed by atoms with Gasteiger partial charge < -0.3 is 29.7 Å². The molecule has 11 heteroatoms. The van der Waals surface area contributed by atoms with E-state index in [1.54, 1.807) is 45.1 Å². The number of pyridine rings is 1. The summed E-state index contributed by atoms with van der Waals surface area (Å²) >= 11 is 6.55. The van der Waals surface area contributed by atoms with E-state index in [1.807, 2.05) is 13.0 Å². The molecule has 2 amide bonds. The molecule has 0 spiro atoms. The molecule has 1 aliphatic carbocycles. The molecule has 1 aromatic carbocycles. The van der Waals surface area contributed by atoms with E-state index >= 15 is 4.39 Å². The number of carbonyl (C=O) groups excluding carboxylic acids is 2. The molecule has 2 heterocycles. The van der Waals surface area contributed by atoms with E-state index in [0.29, 0.717) is 24.5 Å². The summed E-state index contributed by atoms with van der Waals surface area (Å²) in [5, 5.41) is 6.04. The van der Waals surface area contributed by atoms with Crippen molar-refractivity contribution in [2.75, 3.05) is 26.1 Å². The minimum absolute atomic E-state index is 0.0356. The zero-order chi connectivity index (χ0) is 29.0. The topological polar surface area (TPSA) is 102 Å². The lowest BCUT2D eigenvalue weighted by molar-refractivity contribution is 0.0590. The minimum Gasteiger partial charge on any atom is -0.497 e. The summed E-state index contributed by atoms with van der Waals surface area (Å²) in [4.78, 5) is 31.7. The van der Waals surface area contributed by atoms with Crippen molar-refractivity contribution in [3.05, 3.63) is 45.9 Å². The highest BCUT2D eigenvalue weighted by Gasteiger charge is 2.48. The summed E-state index contributed by atoms with van der Waals surface area (Å²) in [6.45, 7) is 6.11. The Morgan fingerprint density at radius 3 is 2.60 bits per heavy atom. The second-order valence-corrected chi connectivity index (χ2v) is 11.1. The van der Waals surface area contributed by atoms with Crippen LogP contribution in [-0.4, -0.2) is 54.8 Å². The highest BCUT2D eigenvalue weighted by molar-refractivity contribution is 6.33. The van der Waals surface area contributed by atoms with Crippen molar-refractivity contribution in [2.45, 2.75) is 83.5 Å². The average Bonchev–Trinajstić information content (AvgIpc) is 3.13. The van der Waals surface area contributed by atoms with Gasteiger partial charge in [0.2, 0.25) is 0 Å². The number of fused-ring (bicyclic) bond motifs is 1. The summed E-state index contributed by atoms with van der Waals surface area (Å²) in [7, 11) is 3.10. The summed E-state index contributed by atoms with van der Waals surface area (Å²) in [6.07, 6.45) is 4.52. The number of rotatable bonds is 10. The number of alkyl carbamates (subject to hydrolysis) is 1. The van der Waals surface area contributed by atoms with Gasteiger partial charge in [-0.3, -0.25) is 4.79 Å². The van der Waals surface area contributed by atoms with E-state index in [-0.39, 0.29) is 40.7 Å². The third-order valence-electron chi connectivity index (χ3n) is 7.78. The first kappa shape index (κ1) is 29.7. The van der Waals surface area contributed by atoms with Crippen LogP contribution in [0.4, 0.5) is 15.0 Å². The van der Waals surface area contributed by atoms with Crippen LogP contribution in [0.15, 0.2) is 18.2 Å². The van der Waals surface area contributed by atoms with E-state index < -0.39 is 23.4 Å². The van der Waals surface area contributed by atoms with Crippen LogP contribution in [-0.2, 0) is 16.8 Å². The van der Waals surface area contributed by atoms with Crippen LogP contribution in [0, 0.1) is 5.82 Å². The first-order chi connectivity index (χ1) is 19.1. The highest BCUT2D eigenvalue weighted by Crippen LogP contribution is 2.45. The number of aromatic nitrogens is 1. The monoisotopic (exact) mass is 576 g/mol. The molecular formula is C29H38ClFN4O5. The number of methoxy groups -OCH3 is 2. The molecule has 40 heavy (non-hydrogen) atoms. The first-order valence-corrected chi connectivity index (χ1v) is 14.1. The Balaban J connectivity index is 1.59. The molecule has 0 bridgehead atoms. The van der Waals surface area contributed by atoms with Gasteiger partial charge >= 0.3 is 6.09 Å². The van der Waals surface area contributed by atoms with Crippen molar-refractivity contribution >= 4 is 29.4 Å². The van der Waals surface area contributed by atoms with Crippen LogP contribution in [0.5, 0.6) is 11.5 Å². The molecule has 2 aliphatic rings. The van der Waals surface area contributed by atoms with Crippen LogP contribution in [0.3, 0.4) is 0 Å². The lowest BCUT2D eigenvalue weighted by Gasteiger charge is -2.34. The maximum absolute atomic E-state index is 16.2. The van der Waals surface area contributed by atoms with E-state index in [2.05, 4.69) is 15.6 Å². The maximum Gasteiger partial charge on any atom is 0.407 e. The van der Waals surface area contributed by atoms with Crippen LogP contribution in [0.25, 0.3) is 0 Å². The van der Waals surface area contributed by atoms with Gasteiger partial charge in [-0.2, -0.15) is 0 Å². The van der Waals surface area contributed by atoms with Gasteiger partial charge in [-0.15, -0.1) is 0 Å². The summed E-state index contributed by atoms with van der Waals surface area (Å²) in [5.74, 6) is 0.0980. The zero-order valence-corrected chi connectivity index (χ0v) is 24.5. The van der Waals surface area contributed by atoms with Gasteiger partial charge in [0.25, 0.3) is 5.91 Å².